The highest BCUT2D eigenvalue weighted by Gasteiger charge is 2.26. The summed E-state index contributed by atoms with van der Waals surface area (Å²) in [6, 6.07) is 14.2. The average Bonchev–Trinajstić information content (AvgIpc) is 2.48. The minimum Gasteiger partial charge on any atom is -0.326 e. The molecule has 3 unspecified atom stereocenters. The summed E-state index contributed by atoms with van der Waals surface area (Å²) in [6.45, 7) is 4.19. The number of halogens is 1. The van der Waals surface area contributed by atoms with E-state index >= 15 is 0 Å². The van der Waals surface area contributed by atoms with E-state index in [9.17, 15) is 0 Å². The molecular weight excluding hydrogens is 282 g/mol. The van der Waals surface area contributed by atoms with Crippen molar-refractivity contribution in [3.8, 4) is 0 Å². The van der Waals surface area contributed by atoms with Gasteiger partial charge in [-0.25, -0.2) is 0 Å². The van der Waals surface area contributed by atoms with Crippen molar-refractivity contribution in [1.29, 1.82) is 0 Å². The van der Waals surface area contributed by atoms with E-state index in [1.54, 1.807) is 0 Å². The van der Waals surface area contributed by atoms with Gasteiger partial charge in [-0.1, -0.05) is 29.8 Å². The molecule has 112 valence electrons. The maximum absolute atomic E-state index is 6.21. The van der Waals surface area contributed by atoms with Gasteiger partial charge >= 0.3 is 0 Å². The van der Waals surface area contributed by atoms with Crippen molar-refractivity contribution in [1.82, 2.24) is 9.88 Å². The second-order valence-electron chi connectivity index (χ2n) is 5.45. The van der Waals surface area contributed by atoms with Crippen LogP contribution < -0.4 is 5.73 Å². The number of pyridine rings is 1. The van der Waals surface area contributed by atoms with Crippen molar-refractivity contribution < 1.29 is 0 Å². The van der Waals surface area contributed by atoms with Crippen molar-refractivity contribution in [2.24, 2.45) is 5.73 Å². The number of nitrogens with two attached hydrogens (primary N) is 1. The van der Waals surface area contributed by atoms with Crippen LogP contribution in [-0.2, 0) is 0 Å². The second kappa shape index (κ2) is 7.03. The SMILES string of the molecule is CC(N)C(c1ccccn1)N(C)C(C)c1ccc(Cl)cc1. The van der Waals surface area contributed by atoms with E-state index in [1.807, 2.05) is 43.5 Å². The molecule has 1 aromatic carbocycles. The Labute approximate surface area is 131 Å². The predicted octanol–water partition coefficient (Wildman–Crippen LogP) is 3.82. The smallest absolute Gasteiger partial charge is 0.0673 e. The topological polar surface area (TPSA) is 42.1 Å². The lowest BCUT2D eigenvalue weighted by atomic mass is 10.00. The molecule has 1 heterocycles. The van der Waals surface area contributed by atoms with Gasteiger partial charge in [-0.3, -0.25) is 9.88 Å². The molecule has 0 aliphatic heterocycles. The number of aromatic nitrogens is 1. The third-order valence-electron chi connectivity index (χ3n) is 3.89. The minimum absolute atomic E-state index is 0.0142. The first kappa shape index (κ1) is 16.0. The standard InChI is InChI=1S/C17H22ClN3/c1-12(19)17(16-6-4-5-11-20-16)21(3)13(2)14-7-9-15(18)10-8-14/h4-13,17H,19H2,1-3H3. The van der Waals surface area contributed by atoms with Gasteiger partial charge in [-0.2, -0.15) is 0 Å². The van der Waals surface area contributed by atoms with E-state index in [1.165, 1.54) is 5.56 Å². The lowest BCUT2D eigenvalue weighted by Crippen LogP contribution is -2.39. The Hall–Kier alpha value is -1.42. The van der Waals surface area contributed by atoms with E-state index in [2.05, 4.69) is 36.0 Å². The molecule has 2 rings (SSSR count). The summed E-state index contributed by atoms with van der Waals surface area (Å²) in [5.74, 6) is 0. The Morgan fingerprint density at radius 3 is 2.29 bits per heavy atom. The molecule has 4 heteroatoms. The third kappa shape index (κ3) is 3.82. The Morgan fingerprint density at radius 1 is 1.10 bits per heavy atom. The van der Waals surface area contributed by atoms with Crippen LogP contribution in [0.4, 0.5) is 0 Å². The zero-order valence-corrected chi connectivity index (χ0v) is 13.5. The first-order valence-electron chi connectivity index (χ1n) is 7.14. The Balaban J connectivity index is 2.26. The highest BCUT2D eigenvalue weighted by Crippen LogP contribution is 2.30. The molecule has 2 aromatic rings. The molecule has 0 radical (unpaired) electrons. The Bertz CT molecular complexity index is 554. The first-order chi connectivity index (χ1) is 10.0. The second-order valence-corrected chi connectivity index (χ2v) is 5.89. The first-order valence-corrected chi connectivity index (χ1v) is 7.52. The normalized spacial score (nSPS) is 15.7. The number of nitrogens with zero attached hydrogens (tertiary/aromatic N) is 2. The summed E-state index contributed by atoms with van der Waals surface area (Å²) in [7, 11) is 2.09. The summed E-state index contributed by atoms with van der Waals surface area (Å²) in [4.78, 5) is 6.73. The zero-order valence-electron chi connectivity index (χ0n) is 12.7. The molecule has 3 nitrogen and oxygen atoms in total. The summed E-state index contributed by atoms with van der Waals surface area (Å²) < 4.78 is 0. The number of rotatable bonds is 5. The monoisotopic (exact) mass is 303 g/mol. The molecule has 2 N–H and O–H groups in total. The predicted molar refractivity (Wildman–Crippen MR) is 88.3 cm³/mol. The largest absolute Gasteiger partial charge is 0.326 e. The van der Waals surface area contributed by atoms with Gasteiger partial charge in [0.1, 0.15) is 0 Å². The van der Waals surface area contributed by atoms with Crippen LogP contribution >= 0.6 is 11.6 Å². The number of likely N-dealkylation sites (N-methyl/N-ethyl adjacent to an activating group) is 1. The molecule has 3 atom stereocenters. The van der Waals surface area contributed by atoms with Gasteiger partial charge in [0.25, 0.3) is 0 Å². The van der Waals surface area contributed by atoms with Gasteiger partial charge in [0, 0.05) is 23.3 Å². The van der Waals surface area contributed by atoms with E-state index in [0.29, 0.717) is 0 Å². The quantitative estimate of drug-likeness (QED) is 0.913. The maximum Gasteiger partial charge on any atom is 0.0673 e. The summed E-state index contributed by atoms with van der Waals surface area (Å²) in [5.41, 5.74) is 8.41. The van der Waals surface area contributed by atoms with Crippen molar-refractivity contribution in [3.63, 3.8) is 0 Å². The minimum atomic E-state index is -0.0142. The number of hydrogen-bond donors (Lipinski definition) is 1. The van der Waals surface area contributed by atoms with Crippen molar-refractivity contribution in [3.05, 3.63) is 64.9 Å². The highest BCUT2D eigenvalue weighted by atomic mass is 35.5. The molecule has 1 aromatic heterocycles. The summed E-state index contributed by atoms with van der Waals surface area (Å²) in [6.07, 6.45) is 1.81. The third-order valence-corrected chi connectivity index (χ3v) is 4.14. The highest BCUT2D eigenvalue weighted by molar-refractivity contribution is 6.30. The fourth-order valence-electron chi connectivity index (χ4n) is 2.62. The summed E-state index contributed by atoms with van der Waals surface area (Å²) in [5, 5.41) is 0.752. The van der Waals surface area contributed by atoms with E-state index in [0.717, 1.165) is 10.7 Å². The Kier molecular flexibility index (Phi) is 5.34. The lowest BCUT2D eigenvalue weighted by Gasteiger charge is -2.35. The van der Waals surface area contributed by atoms with Gasteiger partial charge in [0.05, 0.1) is 11.7 Å². The van der Waals surface area contributed by atoms with E-state index in [4.69, 9.17) is 17.3 Å². The molecule has 0 amide bonds. The van der Waals surface area contributed by atoms with Gasteiger partial charge in [-0.15, -0.1) is 0 Å². The van der Waals surface area contributed by atoms with Gasteiger partial charge in [-0.05, 0) is 50.7 Å². The van der Waals surface area contributed by atoms with Crippen LogP contribution in [0, 0.1) is 0 Å². The summed E-state index contributed by atoms with van der Waals surface area (Å²) >= 11 is 5.96. The molecule has 0 aliphatic carbocycles. The average molecular weight is 304 g/mol. The number of benzene rings is 1. The van der Waals surface area contributed by atoms with Crippen LogP contribution in [0.15, 0.2) is 48.7 Å². The maximum atomic E-state index is 6.21. The fraction of sp³-hybridized carbons (Fsp3) is 0.353. The molecule has 0 saturated carbocycles. The van der Waals surface area contributed by atoms with Crippen LogP contribution in [0.25, 0.3) is 0 Å². The van der Waals surface area contributed by atoms with Crippen LogP contribution in [0.5, 0.6) is 0 Å². The van der Waals surface area contributed by atoms with E-state index < -0.39 is 0 Å². The lowest BCUT2D eigenvalue weighted by molar-refractivity contribution is 0.162. The van der Waals surface area contributed by atoms with Crippen molar-refractivity contribution >= 4 is 11.6 Å². The van der Waals surface area contributed by atoms with E-state index in [-0.39, 0.29) is 18.1 Å². The molecule has 0 saturated heterocycles. The fourth-order valence-corrected chi connectivity index (χ4v) is 2.74. The number of hydrogen-bond acceptors (Lipinski definition) is 3. The van der Waals surface area contributed by atoms with Gasteiger partial charge < -0.3 is 5.73 Å². The molecule has 21 heavy (non-hydrogen) atoms. The van der Waals surface area contributed by atoms with Gasteiger partial charge in [0.2, 0.25) is 0 Å². The zero-order chi connectivity index (χ0) is 15.4. The van der Waals surface area contributed by atoms with Crippen molar-refractivity contribution in [2.45, 2.75) is 32.0 Å². The van der Waals surface area contributed by atoms with Gasteiger partial charge in [0.15, 0.2) is 0 Å². The molecule has 0 spiro atoms. The van der Waals surface area contributed by atoms with Crippen LogP contribution in [0.2, 0.25) is 5.02 Å². The Morgan fingerprint density at radius 2 is 1.76 bits per heavy atom. The van der Waals surface area contributed by atoms with Crippen molar-refractivity contribution in [2.75, 3.05) is 7.05 Å². The molecule has 0 aliphatic rings. The molecule has 0 fully saturated rings. The van der Waals surface area contributed by atoms with Crippen LogP contribution in [0.1, 0.15) is 37.2 Å². The molecule has 0 bridgehead atoms. The van der Waals surface area contributed by atoms with Crippen LogP contribution in [0.3, 0.4) is 0 Å². The molecular formula is C17H22ClN3. The van der Waals surface area contributed by atoms with Crippen LogP contribution in [-0.4, -0.2) is 23.0 Å².